The number of carbonyl (C=O) groups is 2. The summed E-state index contributed by atoms with van der Waals surface area (Å²) in [6, 6.07) is 24.1. The van der Waals surface area contributed by atoms with Crippen molar-refractivity contribution in [1.29, 1.82) is 31.6 Å². The van der Waals surface area contributed by atoms with E-state index in [4.69, 9.17) is 22.0 Å². The molecule has 0 spiro atoms. The highest BCUT2D eigenvalue weighted by Crippen LogP contribution is 2.27. The van der Waals surface area contributed by atoms with Gasteiger partial charge >= 0.3 is 0 Å². The number of aromatic nitrogens is 2. The lowest BCUT2D eigenvalue weighted by atomic mass is 10.00. The predicted octanol–water partition coefficient (Wildman–Crippen LogP) is 3.92. The van der Waals surface area contributed by atoms with E-state index in [0.29, 0.717) is 6.42 Å². The second-order valence-electron chi connectivity index (χ2n) is 9.83. The summed E-state index contributed by atoms with van der Waals surface area (Å²) in [6.07, 6.45) is 0.336. The fourth-order valence-corrected chi connectivity index (χ4v) is 5.79. The van der Waals surface area contributed by atoms with Gasteiger partial charge in [0.1, 0.15) is 58.1 Å². The molecule has 0 radical (unpaired) electrons. The van der Waals surface area contributed by atoms with E-state index < -0.39 is 11.8 Å². The molecule has 4 rings (SSSR count). The van der Waals surface area contributed by atoms with Gasteiger partial charge in [-0.2, -0.15) is 31.6 Å². The first-order valence-electron chi connectivity index (χ1n) is 13.8. The summed E-state index contributed by atoms with van der Waals surface area (Å²) >= 11 is 1.93. The number of nitrogen functional groups attached to an aromatic ring is 2. The third-order valence-corrected chi connectivity index (χ3v) is 8.54. The summed E-state index contributed by atoms with van der Waals surface area (Å²) in [4.78, 5) is 33.4. The average Bonchev–Trinajstić information content (AvgIpc) is 3.11. The number of amides is 2. The van der Waals surface area contributed by atoms with Gasteiger partial charge in [-0.15, -0.1) is 0 Å². The summed E-state index contributed by atoms with van der Waals surface area (Å²) < 4.78 is 0. The van der Waals surface area contributed by atoms with Crippen molar-refractivity contribution in [2.24, 2.45) is 0 Å². The Morgan fingerprint density at radius 2 is 0.939 bits per heavy atom. The van der Waals surface area contributed by atoms with Gasteiger partial charge in [0.15, 0.2) is 0 Å². The molecule has 0 atom stereocenters. The number of nitrogens with zero attached hydrogens (tertiary/aromatic N) is 8. The van der Waals surface area contributed by atoms with Crippen LogP contribution in [0.4, 0.5) is 23.0 Å². The van der Waals surface area contributed by atoms with Gasteiger partial charge in [0.05, 0.1) is 56.3 Å². The number of nitrogens with two attached hydrogens (primary N) is 2. The maximum absolute atomic E-state index is 12.7. The van der Waals surface area contributed by atoms with Gasteiger partial charge in [-0.3, -0.25) is 9.59 Å². The third-order valence-electron chi connectivity index (χ3n) is 6.56. The van der Waals surface area contributed by atoms with Gasteiger partial charge in [0.25, 0.3) is 0 Å². The number of thioether (sulfide) groups is 2. The van der Waals surface area contributed by atoms with Crippen molar-refractivity contribution in [2.75, 3.05) is 33.6 Å². The molecule has 49 heavy (non-hydrogen) atoms. The number of hydrogen-bond acceptors (Lipinski definition) is 14. The minimum Gasteiger partial charge on any atom is -0.383 e. The van der Waals surface area contributed by atoms with Crippen LogP contribution in [0.3, 0.4) is 0 Å². The first-order chi connectivity index (χ1) is 23.6. The maximum Gasteiger partial charge on any atom is 0.234 e. The molecule has 0 aliphatic heterocycles. The Morgan fingerprint density at radius 1 is 0.571 bits per heavy atom. The van der Waals surface area contributed by atoms with E-state index in [1.165, 1.54) is 12.1 Å². The predicted molar refractivity (Wildman–Crippen MR) is 180 cm³/mol. The maximum atomic E-state index is 12.7. The van der Waals surface area contributed by atoms with Gasteiger partial charge < -0.3 is 22.1 Å². The molecular weight excluding hydrogens is 661 g/mol. The quantitative estimate of drug-likeness (QED) is 0.173. The highest BCUT2D eigenvalue weighted by Gasteiger charge is 2.16. The molecule has 0 unspecified atom stereocenters. The number of carbonyl (C=O) groups excluding carboxylic acids is 2. The van der Waals surface area contributed by atoms with Crippen LogP contribution in [0.2, 0.25) is 0 Å². The van der Waals surface area contributed by atoms with E-state index in [1.807, 2.05) is 24.3 Å². The monoisotopic (exact) mass is 680 g/mol. The van der Waals surface area contributed by atoms with Crippen molar-refractivity contribution >= 4 is 58.3 Å². The van der Waals surface area contributed by atoms with E-state index in [1.54, 1.807) is 36.4 Å². The van der Waals surface area contributed by atoms with Crippen molar-refractivity contribution < 1.29 is 9.59 Å². The fraction of sp³-hybridized carbons (Fsp3) is 0.0909. The number of pyridine rings is 2. The molecule has 2 amide bonds. The van der Waals surface area contributed by atoms with E-state index >= 15 is 0 Å². The van der Waals surface area contributed by atoms with Crippen molar-refractivity contribution in [3.8, 4) is 36.4 Å². The third kappa shape index (κ3) is 8.60. The van der Waals surface area contributed by atoms with E-state index in [-0.39, 0.29) is 77.9 Å². The van der Waals surface area contributed by atoms with Crippen LogP contribution in [0.25, 0.3) is 0 Å². The normalized spacial score (nSPS) is 9.84. The van der Waals surface area contributed by atoms with Gasteiger partial charge in [0, 0.05) is 0 Å². The molecule has 16 heteroatoms. The average molecular weight is 681 g/mol. The smallest absolute Gasteiger partial charge is 0.234 e. The fourth-order valence-electron chi connectivity index (χ4n) is 4.26. The van der Waals surface area contributed by atoms with Crippen LogP contribution >= 0.6 is 23.5 Å². The van der Waals surface area contributed by atoms with E-state index in [9.17, 15) is 30.6 Å². The zero-order chi connectivity index (χ0) is 35.5. The molecule has 0 fully saturated rings. The molecule has 236 valence electrons. The van der Waals surface area contributed by atoms with Crippen LogP contribution in [0, 0.1) is 68.0 Å². The lowest BCUT2D eigenvalue weighted by molar-refractivity contribution is -0.114. The molecule has 2 aromatic carbocycles. The van der Waals surface area contributed by atoms with Crippen molar-refractivity contribution in [1.82, 2.24) is 9.97 Å². The summed E-state index contributed by atoms with van der Waals surface area (Å²) in [5.74, 6) is -1.30. The molecule has 0 bridgehead atoms. The molecular formula is C33H20N12O2S2. The minimum absolute atomic E-state index is 0.0526. The van der Waals surface area contributed by atoms with Gasteiger partial charge in [-0.25, -0.2) is 9.97 Å². The minimum atomic E-state index is -0.458. The van der Waals surface area contributed by atoms with Gasteiger partial charge in [-0.05, 0) is 53.9 Å². The zero-order valence-electron chi connectivity index (χ0n) is 25.1. The van der Waals surface area contributed by atoms with Gasteiger partial charge in [-0.1, -0.05) is 35.7 Å². The van der Waals surface area contributed by atoms with Crippen LogP contribution in [0.15, 0.2) is 58.6 Å². The molecule has 4 aromatic rings. The Morgan fingerprint density at radius 3 is 1.29 bits per heavy atom. The highest BCUT2D eigenvalue weighted by molar-refractivity contribution is 8.00. The first-order valence-corrected chi connectivity index (χ1v) is 15.7. The van der Waals surface area contributed by atoms with Crippen LogP contribution in [0.1, 0.15) is 44.5 Å². The molecule has 0 saturated heterocycles. The molecule has 0 aliphatic carbocycles. The Hall–Kier alpha value is -7.08. The Balaban J connectivity index is 1.39. The topological polar surface area (TPSA) is 279 Å². The van der Waals surface area contributed by atoms with Crippen molar-refractivity contribution in [3.05, 3.63) is 93.0 Å². The Labute approximate surface area is 288 Å². The number of benzene rings is 2. The largest absolute Gasteiger partial charge is 0.383 e. The number of hydrogen-bond donors (Lipinski definition) is 4. The second-order valence-corrected chi connectivity index (χ2v) is 11.8. The summed E-state index contributed by atoms with van der Waals surface area (Å²) in [5.41, 5.74) is 14.2. The van der Waals surface area contributed by atoms with E-state index in [2.05, 4.69) is 32.7 Å². The molecule has 6 N–H and O–H groups in total. The lowest BCUT2D eigenvalue weighted by Crippen LogP contribution is -2.15. The second kappa shape index (κ2) is 16.0. The number of rotatable bonds is 10. The van der Waals surface area contributed by atoms with Crippen LogP contribution < -0.4 is 22.1 Å². The van der Waals surface area contributed by atoms with Crippen molar-refractivity contribution in [3.63, 3.8) is 0 Å². The number of anilines is 4. The number of nitriles is 6. The summed E-state index contributed by atoms with van der Waals surface area (Å²) in [6.45, 7) is 0. The molecule has 0 aliphatic rings. The standard InChI is InChI=1S/C33H20N12O2S2/c34-10-20-6-18(1-3-26(20)42-28(46)16-48-32-24(14-38)8-22(12-36)30(40)44-32)5-19-2-4-27(21(7-19)11-35)43-29(47)17-49-33-25(15-39)9-23(13-37)31(41)45-33/h1-4,6-9H,5,16-17H2,(H2,40,44)(H2,41,45)(H,42,46)(H,43,47). The summed E-state index contributed by atoms with van der Waals surface area (Å²) in [5, 5.41) is 62.1. The molecule has 14 nitrogen and oxygen atoms in total. The number of nitrogens with one attached hydrogen (secondary N) is 2. The molecule has 0 saturated carbocycles. The highest BCUT2D eigenvalue weighted by atomic mass is 32.2. The summed E-state index contributed by atoms with van der Waals surface area (Å²) in [7, 11) is 0. The molecule has 2 aromatic heterocycles. The van der Waals surface area contributed by atoms with E-state index in [0.717, 1.165) is 34.7 Å². The Kier molecular flexibility index (Phi) is 11.3. The van der Waals surface area contributed by atoms with Crippen LogP contribution in [-0.4, -0.2) is 33.3 Å². The lowest BCUT2D eigenvalue weighted by Gasteiger charge is -2.11. The zero-order valence-corrected chi connectivity index (χ0v) is 26.7. The first kappa shape index (κ1) is 34.8. The van der Waals surface area contributed by atoms with Crippen LogP contribution in [0.5, 0.6) is 0 Å². The SMILES string of the molecule is N#Cc1cc(Cc2ccc(NC(=O)CSc3nc(N)c(C#N)cc3C#N)c(C#N)c2)ccc1NC(=O)CSc1nc(N)c(C#N)cc1C#N. The van der Waals surface area contributed by atoms with Gasteiger partial charge in [0.2, 0.25) is 11.8 Å². The van der Waals surface area contributed by atoms with Crippen molar-refractivity contribution in [2.45, 2.75) is 16.5 Å². The Bertz CT molecular complexity index is 2110. The molecule has 2 heterocycles. The van der Waals surface area contributed by atoms with Crippen LogP contribution in [-0.2, 0) is 16.0 Å².